The van der Waals surface area contributed by atoms with Gasteiger partial charge in [0.1, 0.15) is 6.04 Å². The van der Waals surface area contributed by atoms with Crippen LogP contribution in [0, 0.1) is 0 Å². The van der Waals surface area contributed by atoms with E-state index in [0.29, 0.717) is 18.4 Å². The molecule has 0 fully saturated rings. The number of carbonyl (C=O) groups is 2. The number of amides is 1. The number of allylic oxidation sites excluding steroid dienone is 1. The molecule has 0 saturated heterocycles. The molecule has 0 bridgehead atoms. The van der Waals surface area contributed by atoms with Crippen LogP contribution in [-0.2, 0) is 14.3 Å². The highest BCUT2D eigenvalue weighted by Gasteiger charge is 2.25. The van der Waals surface area contributed by atoms with Gasteiger partial charge in [-0.15, -0.1) is 6.58 Å². The summed E-state index contributed by atoms with van der Waals surface area (Å²) in [6.07, 6.45) is 2.31. The topological polar surface area (TPSA) is 75.6 Å². The first-order valence-corrected chi connectivity index (χ1v) is 6.82. The number of methoxy groups -OCH3 is 1. The SMILES string of the molecule is C=CCCC[C@@H](NC(=O)[C@@H](O)c1ccccc1)C(=O)OC. The Morgan fingerprint density at radius 3 is 2.62 bits per heavy atom. The Kier molecular flexibility index (Phi) is 7.18. The summed E-state index contributed by atoms with van der Waals surface area (Å²) in [5.41, 5.74) is 0.477. The average Bonchev–Trinajstić information content (AvgIpc) is 2.53. The summed E-state index contributed by atoms with van der Waals surface area (Å²) < 4.78 is 4.67. The van der Waals surface area contributed by atoms with Gasteiger partial charge < -0.3 is 15.2 Å². The number of benzene rings is 1. The smallest absolute Gasteiger partial charge is 0.328 e. The molecule has 0 aromatic heterocycles. The molecule has 0 aliphatic rings. The molecule has 114 valence electrons. The number of nitrogens with one attached hydrogen (secondary N) is 1. The second-order valence-corrected chi connectivity index (χ2v) is 4.62. The van der Waals surface area contributed by atoms with Crippen LogP contribution in [0.4, 0.5) is 0 Å². The van der Waals surface area contributed by atoms with E-state index in [1.54, 1.807) is 36.4 Å². The maximum absolute atomic E-state index is 12.0. The molecule has 21 heavy (non-hydrogen) atoms. The van der Waals surface area contributed by atoms with Gasteiger partial charge in [-0.3, -0.25) is 4.79 Å². The Labute approximate surface area is 124 Å². The van der Waals surface area contributed by atoms with Crippen molar-refractivity contribution in [3.8, 4) is 0 Å². The van der Waals surface area contributed by atoms with Gasteiger partial charge in [0.2, 0.25) is 0 Å². The standard InChI is InChI=1S/C16H21NO4/c1-3-4-6-11-13(16(20)21-2)17-15(19)14(18)12-9-7-5-8-10-12/h3,5,7-10,13-14,18H,1,4,6,11H2,2H3,(H,17,19)/t13-,14+/m1/s1. The zero-order valence-electron chi connectivity index (χ0n) is 12.1. The van der Waals surface area contributed by atoms with Crippen molar-refractivity contribution >= 4 is 11.9 Å². The lowest BCUT2D eigenvalue weighted by atomic mass is 10.1. The van der Waals surface area contributed by atoms with Crippen molar-refractivity contribution < 1.29 is 19.4 Å². The van der Waals surface area contributed by atoms with Crippen LogP contribution in [0.15, 0.2) is 43.0 Å². The van der Waals surface area contributed by atoms with E-state index in [1.165, 1.54) is 7.11 Å². The van der Waals surface area contributed by atoms with Crippen LogP contribution in [0.2, 0.25) is 0 Å². The Hall–Kier alpha value is -2.14. The first kappa shape index (κ1) is 16.9. The van der Waals surface area contributed by atoms with Crippen molar-refractivity contribution in [3.05, 3.63) is 48.6 Å². The van der Waals surface area contributed by atoms with Gasteiger partial charge in [-0.25, -0.2) is 4.79 Å². The zero-order chi connectivity index (χ0) is 15.7. The number of esters is 1. The molecule has 2 atom stereocenters. The highest BCUT2D eigenvalue weighted by Crippen LogP contribution is 2.13. The van der Waals surface area contributed by atoms with Gasteiger partial charge in [0.05, 0.1) is 7.11 Å². The Morgan fingerprint density at radius 2 is 2.05 bits per heavy atom. The molecule has 0 spiro atoms. The van der Waals surface area contributed by atoms with E-state index in [0.717, 1.165) is 6.42 Å². The lowest BCUT2D eigenvalue weighted by molar-refractivity contribution is -0.146. The van der Waals surface area contributed by atoms with Crippen LogP contribution in [0.25, 0.3) is 0 Å². The molecule has 0 heterocycles. The summed E-state index contributed by atoms with van der Waals surface area (Å²) in [4.78, 5) is 23.7. The first-order chi connectivity index (χ1) is 10.1. The molecule has 0 saturated carbocycles. The van der Waals surface area contributed by atoms with E-state index in [-0.39, 0.29) is 0 Å². The van der Waals surface area contributed by atoms with Crippen LogP contribution < -0.4 is 5.32 Å². The third-order valence-corrected chi connectivity index (χ3v) is 3.07. The number of carbonyl (C=O) groups excluding carboxylic acids is 2. The molecule has 1 aromatic carbocycles. The number of ether oxygens (including phenoxy) is 1. The van der Waals surface area contributed by atoms with Crippen LogP contribution in [0.3, 0.4) is 0 Å². The second kappa shape index (κ2) is 8.92. The molecule has 2 N–H and O–H groups in total. The van der Waals surface area contributed by atoms with E-state index >= 15 is 0 Å². The third kappa shape index (κ3) is 5.39. The number of aliphatic hydroxyl groups excluding tert-OH is 1. The quantitative estimate of drug-likeness (QED) is 0.434. The zero-order valence-corrected chi connectivity index (χ0v) is 12.1. The molecule has 1 aromatic rings. The molecule has 0 unspecified atom stereocenters. The number of hydrogen-bond donors (Lipinski definition) is 2. The molecule has 1 amide bonds. The van der Waals surface area contributed by atoms with Crippen LogP contribution in [-0.4, -0.2) is 30.1 Å². The van der Waals surface area contributed by atoms with Crippen LogP contribution >= 0.6 is 0 Å². The van der Waals surface area contributed by atoms with Gasteiger partial charge in [-0.1, -0.05) is 36.4 Å². The van der Waals surface area contributed by atoms with E-state index < -0.39 is 24.0 Å². The van der Waals surface area contributed by atoms with E-state index in [4.69, 9.17) is 0 Å². The number of hydrogen-bond acceptors (Lipinski definition) is 4. The fourth-order valence-corrected chi connectivity index (χ4v) is 1.89. The van der Waals surface area contributed by atoms with Crippen molar-refractivity contribution in [1.82, 2.24) is 5.32 Å². The van der Waals surface area contributed by atoms with E-state index in [2.05, 4.69) is 16.6 Å². The Bertz CT molecular complexity index is 472. The fraction of sp³-hybridized carbons (Fsp3) is 0.375. The van der Waals surface area contributed by atoms with Crippen molar-refractivity contribution in [2.45, 2.75) is 31.4 Å². The van der Waals surface area contributed by atoms with Gasteiger partial charge in [-0.05, 0) is 24.8 Å². The summed E-state index contributed by atoms with van der Waals surface area (Å²) in [5.74, 6) is -1.14. The molecular formula is C16H21NO4. The van der Waals surface area contributed by atoms with Crippen molar-refractivity contribution in [3.63, 3.8) is 0 Å². The predicted octanol–water partition coefficient (Wildman–Crippen LogP) is 1.73. The van der Waals surface area contributed by atoms with Crippen LogP contribution in [0.5, 0.6) is 0 Å². The molecule has 0 radical (unpaired) electrons. The van der Waals surface area contributed by atoms with E-state index in [9.17, 15) is 14.7 Å². The van der Waals surface area contributed by atoms with Gasteiger partial charge >= 0.3 is 5.97 Å². The monoisotopic (exact) mass is 291 g/mol. The lowest BCUT2D eigenvalue weighted by Gasteiger charge is -2.18. The minimum absolute atomic E-state index is 0.436. The molecule has 0 aliphatic carbocycles. The number of rotatable bonds is 8. The molecule has 0 aliphatic heterocycles. The fourth-order valence-electron chi connectivity index (χ4n) is 1.89. The van der Waals surface area contributed by atoms with Gasteiger partial charge in [0.15, 0.2) is 6.10 Å². The molecule has 5 nitrogen and oxygen atoms in total. The second-order valence-electron chi connectivity index (χ2n) is 4.62. The van der Waals surface area contributed by atoms with Gasteiger partial charge in [-0.2, -0.15) is 0 Å². The van der Waals surface area contributed by atoms with Crippen molar-refractivity contribution in [2.75, 3.05) is 7.11 Å². The minimum Gasteiger partial charge on any atom is -0.467 e. The molecular weight excluding hydrogens is 270 g/mol. The lowest BCUT2D eigenvalue weighted by Crippen LogP contribution is -2.43. The predicted molar refractivity (Wildman–Crippen MR) is 79.4 cm³/mol. The van der Waals surface area contributed by atoms with Crippen LogP contribution in [0.1, 0.15) is 30.9 Å². The summed E-state index contributed by atoms with van der Waals surface area (Å²) >= 11 is 0. The maximum Gasteiger partial charge on any atom is 0.328 e. The number of aliphatic hydroxyl groups is 1. The maximum atomic E-state index is 12.0. The molecule has 5 heteroatoms. The summed E-state index contributed by atoms with van der Waals surface area (Å²) in [6.45, 7) is 3.61. The summed E-state index contributed by atoms with van der Waals surface area (Å²) in [5, 5.41) is 12.5. The largest absolute Gasteiger partial charge is 0.467 e. The highest BCUT2D eigenvalue weighted by atomic mass is 16.5. The first-order valence-electron chi connectivity index (χ1n) is 6.82. The Balaban J connectivity index is 2.66. The van der Waals surface area contributed by atoms with E-state index in [1.807, 2.05) is 0 Å². The summed E-state index contributed by atoms with van der Waals surface area (Å²) in [7, 11) is 1.27. The summed E-state index contributed by atoms with van der Waals surface area (Å²) in [6, 6.07) is 7.78. The van der Waals surface area contributed by atoms with Crippen molar-refractivity contribution in [2.24, 2.45) is 0 Å². The van der Waals surface area contributed by atoms with Crippen molar-refractivity contribution in [1.29, 1.82) is 0 Å². The van der Waals surface area contributed by atoms with Gasteiger partial charge in [0.25, 0.3) is 5.91 Å². The molecule has 1 rings (SSSR count). The average molecular weight is 291 g/mol. The normalized spacial score (nSPS) is 13.0. The third-order valence-electron chi connectivity index (χ3n) is 3.07. The minimum atomic E-state index is -1.31. The highest BCUT2D eigenvalue weighted by molar-refractivity contribution is 5.87. The Morgan fingerprint density at radius 1 is 1.38 bits per heavy atom. The number of unbranched alkanes of at least 4 members (excludes halogenated alkanes) is 1. The van der Waals surface area contributed by atoms with Gasteiger partial charge in [0, 0.05) is 0 Å².